The van der Waals surface area contributed by atoms with Gasteiger partial charge in [0.2, 0.25) is 0 Å². The maximum absolute atomic E-state index is 12.5. The van der Waals surface area contributed by atoms with E-state index < -0.39 is 10.8 Å². The molecule has 36 heavy (non-hydrogen) atoms. The van der Waals surface area contributed by atoms with Crippen molar-refractivity contribution >= 4 is 42.9 Å². The molecule has 0 spiro atoms. The molecule has 0 N–H and O–H groups in total. The van der Waals surface area contributed by atoms with Gasteiger partial charge in [-0.3, -0.25) is 4.79 Å². The van der Waals surface area contributed by atoms with Crippen molar-refractivity contribution in [2.75, 3.05) is 18.0 Å². The molecule has 4 heterocycles. The molecule has 1 aliphatic carbocycles. The van der Waals surface area contributed by atoms with E-state index >= 15 is 0 Å². The van der Waals surface area contributed by atoms with E-state index in [1.807, 2.05) is 6.92 Å². The predicted octanol–water partition coefficient (Wildman–Crippen LogP) is 1.08. The van der Waals surface area contributed by atoms with E-state index in [4.69, 9.17) is 50.7 Å². The van der Waals surface area contributed by atoms with Gasteiger partial charge in [0.1, 0.15) is 43.2 Å². The second-order valence-electron chi connectivity index (χ2n) is 9.86. The molecule has 1 aromatic carbocycles. The Labute approximate surface area is 214 Å². The van der Waals surface area contributed by atoms with Gasteiger partial charge >= 0.3 is 0 Å². The summed E-state index contributed by atoms with van der Waals surface area (Å²) in [6.07, 6.45) is 5.37. The van der Waals surface area contributed by atoms with Crippen LogP contribution in [0, 0.1) is 6.92 Å². The summed E-state index contributed by atoms with van der Waals surface area (Å²) in [5, 5.41) is 0.988. The number of hydrogen-bond acceptors (Lipinski definition) is 7. The monoisotopic (exact) mass is 474 g/mol. The molecule has 0 unspecified atom stereocenters. The van der Waals surface area contributed by atoms with Crippen LogP contribution < -0.4 is 24.7 Å². The number of benzene rings is 1. The average molecular weight is 474 g/mol. The van der Waals surface area contributed by atoms with E-state index in [1.54, 1.807) is 24.4 Å². The Morgan fingerprint density at radius 3 is 2.39 bits per heavy atom. The zero-order valence-corrected chi connectivity index (χ0v) is 20.0. The molecule has 2 aromatic heterocycles. The molecule has 6 rings (SSSR count). The number of aromatic nitrogens is 3. The minimum atomic E-state index is -1.90. The number of nitrogens with zero attached hydrogens (tertiary/aromatic N) is 4. The summed E-state index contributed by atoms with van der Waals surface area (Å²) in [7, 11) is 23.4. The van der Waals surface area contributed by atoms with E-state index in [2.05, 4.69) is 9.88 Å². The Kier molecular flexibility index (Phi) is 5.36. The second-order valence-corrected chi connectivity index (χ2v) is 9.86. The first-order chi connectivity index (χ1) is 17.1. The summed E-state index contributed by atoms with van der Waals surface area (Å²) in [4.78, 5) is 19.1. The zero-order valence-electron chi connectivity index (χ0n) is 20.0. The molecule has 8 radical (unpaired) electrons. The van der Waals surface area contributed by atoms with Gasteiger partial charge in [0, 0.05) is 66.2 Å². The molecule has 2 fully saturated rings. The lowest BCUT2D eigenvalue weighted by atomic mass is 9.41. The first-order valence-electron chi connectivity index (χ1n) is 12.1. The maximum atomic E-state index is 12.5. The fraction of sp³-hybridized carbons (Fsp3) is 0.458. The van der Waals surface area contributed by atoms with Crippen LogP contribution in [0.25, 0.3) is 5.65 Å². The fourth-order valence-corrected chi connectivity index (χ4v) is 4.91. The van der Waals surface area contributed by atoms with Crippen molar-refractivity contribution < 1.29 is 14.2 Å². The Morgan fingerprint density at radius 1 is 1.00 bits per heavy atom. The van der Waals surface area contributed by atoms with Gasteiger partial charge in [0.25, 0.3) is 5.56 Å². The second kappa shape index (κ2) is 8.25. The van der Waals surface area contributed by atoms with Crippen LogP contribution in [0.15, 0.2) is 35.3 Å². The summed E-state index contributed by atoms with van der Waals surface area (Å²) < 4.78 is 18.8. The lowest BCUT2D eigenvalue weighted by molar-refractivity contribution is 0.0609. The van der Waals surface area contributed by atoms with E-state index in [9.17, 15) is 4.79 Å². The van der Waals surface area contributed by atoms with Gasteiger partial charge in [0.15, 0.2) is 23.0 Å². The van der Waals surface area contributed by atoms with Crippen molar-refractivity contribution in [3.8, 4) is 17.2 Å². The van der Waals surface area contributed by atoms with Crippen LogP contribution in [0.2, 0.25) is 0 Å². The molecule has 174 valence electrons. The Bertz CT molecular complexity index is 1400. The van der Waals surface area contributed by atoms with Gasteiger partial charge in [-0.05, 0) is 37.8 Å². The van der Waals surface area contributed by atoms with Crippen molar-refractivity contribution in [3.05, 3.63) is 51.9 Å². The molecule has 2 aliphatic heterocycles. The lowest BCUT2D eigenvalue weighted by Gasteiger charge is -2.48. The van der Waals surface area contributed by atoms with Crippen LogP contribution in [-0.4, -0.2) is 76.0 Å². The van der Waals surface area contributed by atoms with Crippen LogP contribution in [0.3, 0.4) is 0 Å². The Morgan fingerprint density at radius 2 is 1.69 bits per heavy atom. The van der Waals surface area contributed by atoms with Crippen LogP contribution in [0.1, 0.15) is 42.7 Å². The average Bonchev–Trinajstić information content (AvgIpc) is 3.66. The number of anilines is 1. The zero-order chi connectivity index (χ0) is 25.2. The van der Waals surface area contributed by atoms with E-state index in [1.165, 1.54) is 16.1 Å². The van der Waals surface area contributed by atoms with Crippen molar-refractivity contribution in [3.63, 3.8) is 0 Å². The summed E-state index contributed by atoms with van der Waals surface area (Å²) in [5.41, 5.74) is 2.70. The number of ether oxygens (including phenoxy) is 3. The number of hydrogen-bond donors (Lipinski definition) is 0. The first kappa shape index (κ1) is 23.4. The predicted molar refractivity (Wildman–Crippen MR) is 138 cm³/mol. The Balaban J connectivity index is 1.19. The molecular weight excluding hydrogens is 452 g/mol. The molecule has 0 atom stereocenters. The van der Waals surface area contributed by atoms with Crippen LogP contribution in [0.4, 0.5) is 5.82 Å². The van der Waals surface area contributed by atoms with E-state index in [0.717, 1.165) is 50.2 Å². The van der Waals surface area contributed by atoms with Gasteiger partial charge in [-0.15, -0.1) is 5.10 Å². The van der Waals surface area contributed by atoms with Gasteiger partial charge in [-0.25, -0.2) is 4.98 Å². The SMILES string of the molecule is [B]C1([B])Oc2ccc(OC3CCN(c4nn5c(=O)ccnc5c(C)c4C4CC4)CC3)cc2OC1([B])[B]. The molecule has 8 nitrogen and oxygen atoms in total. The number of rotatable bonds is 4. The van der Waals surface area contributed by atoms with Crippen molar-refractivity contribution in [1.82, 2.24) is 14.6 Å². The maximum Gasteiger partial charge on any atom is 0.274 e. The minimum Gasteiger partial charge on any atom is -0.501 e. The Hall–Kier alpha value is -3.03. The summed E-state index contributed by atoms with van der Waals surface area (Å²) in [6, 6.07) is 6.54. The van der Waals surface area contributed by atoms with Gasteiger partial charge in [-0.1, -0.05) is 0 Å². The quantitative estimate of drug-likeness (QED) is 0.525. The number of piperidine rings is 1. The topological polar surface area (TPSA) is 78.2 Å². The third-order valence-electron chi connectivity index (χ3n) is 7.11. The fourth-order valence-electron chi connectivity index (χ4n) is 4.91. The number of aryl methyl sites for hydroxylation is 1. The summed E-state index contributed by atoms with van der Waals surface area (Å²) in [6.45, 7) is 3.54. The molecular formula is C24H22B4N4O4. The highest BCUT2D eigenvalue weighted by Crippen LogP contribution is 2.46. The van der Waals surface area contributed by atoms with E-state index in [-0.39, 0.29) is 11.7 Å². The first-order valence-corrected chi connectivity index (χ1v) is 12.1. The van der Waals surface area contributed by atoms with Gasteiger partial charge in [-0.2, -0.15) is 4.52 Å². The number of fused-ring (bicyclic) bond motifs is 2. The standard InChI is InChI=1S/C24H22B4N4O4/c1-13-20(14-2-3-14)22(30-32-19(33)6-9-29-21(13)32)31-10-7-15(8-11-31)34-16-4-5-17-18(12-16)36-24(27,28)23(25,26)35-17/h4-6,9,12,14-15H,2-3,7-8,10-11H2,1H3. The third kappa shape index (κ3) is 3.95. The highest BCUT2D eigenvalue weighted by Gasteiger charge is 2.43. The van der Waals surface area contributed by atoms with Gasteiger partial charge < -0.3 is 19.1 Å². The molecule has 3 aliphatic rings. The lowest BCUT2D eigenvalue weighted by Crippen LogP contribution is -2.65. The molecule has 0 bridgehead atoms. The summed E-state index contributed by atoms with van der Waals surface area (Å²) in [5.74, 6) is 2.60. The normalized spacial score (nSPS) is 20.9. The smallest absolute Gasteiger partial charge is 0.274 e. The molecule has 1 saturated carbocycles. The van der Waals surface area contributed by atoms with E-state index in [0.29, 0.717) is 28.8 Å². The molecule has 1 saturated heterocycles. The van der Waals surface area contributed by atoms with Crippen LogP contribution in [-0.2, 0) is 0 Å². The molecule has 0 amide bonds. The molecule has 12 heteroatoms. The van der Waals surface area contributed by atoms with Crippen molar-refractivity contribution in [2.24, 2.45) is 0 Å². The van der Waals surface area contributed by atoms with Crippen LogP contribution in [0.5, 0.6) is 17.2 Å². The van der Waals surface area contributed by atoms with Crippen molar-refractivity contribution in [1.29, 1.82) is 0 Å². The van der Waals surface area contributed by atoms with Gasteiger partial charge in [0.05, 0.1) is 0 Å². The highest BCUT2D eigenvalue weighted by molar-refractivity contribution is 6.53. The highest BCUT2D eigenvalue weighted by atomic mass is 16.6. The van der Waals surface area contributed by atoms with Crippen molar-refractivity contribution in [2.45, 2.75) is 55.4 Å². The third-order valence-corrected chi connectivity index (χ3v) is 7.11. The van der Waals surface area contributed by atoms with Crippen LogP contribution >= 0.6 is 0 Å². The molecule has 3 aromatic rings. The minimum absolute atomic E-state index is 0.0113. The largest absolute Gasteiger partial charge is 0.501 e. The summed E-state index contributed by atoms with van der Waals surface area (Å²) >= 11 is 0.